The fourth-order valence-corrected chi connectivity index (χ4v) is 1.05. The molecule has 0 saturated carbocycles. The predicted octanol–water partition coefficient (Wildman–Crippen LogP) is -0.0359. The minimum Gasteiger partial charge on any atom is -0.315 e. The Hall–Kier alpha value is -0.0800. The summed E-state index contributed by atoms with van der Waals surface area (Å²) in [6.45, 7) is 1.27. The van der Waals surface area contributed by atoms with E-state index in [4.69, 9.17) is 0 Å². The maximum Gasteiger partial charge on any atom is 0.158 e. The second-order valence-electron chi connectivity index (χ2n) is 3.54. The van der Waals surface area contributed by atoms with Crippen LogP contribution in [-0.2, 0) is 0 Å². The van der Waals surface area contributed by atoms with E-state index in [1.165, 1.54) is 6.54 Å². The van der Waals surface area contributed by atoms with E-state index in [0.29, 0.717) is 0 Å². The van der Waals surface area contributed by atoms with E-state index in [2.05, 4.69) is 33.1 Å². The Kier molecular flexibility index (Phi) is 1.10. The normalized spacial score (nSPS) is 37.5. The molecule has 0 N–H and O–H groups in total. The largest absolute Gasteiger partial charge is 0.315 e. The minimum absolute atomic E-state index is 0.787. The highest BCUT2D eigenvalue weighted by Crippen LogP contribution is 2.20. The highest BCUT2D eigenvalue weighted by atomic mass is 15.5. The van der Waals surface area contributed by atoms with Gasteiger partial charge in [0.15, 0.2) is 6.17 Å². The van der Waals surface area contributed by atoms with E-state index in [1.807, 2.05) is 0 Å². The fourth-order valence-electron chi connectivity index (χ4n) is 1.05. The maximum atomic E-state index is 2.35. The van der Waals surface area contributed by atoms with Crippen molar-refractivity contribution in [2.75, 3.05) is 34.7 Å². The van der Waals surface area contributed by atoms with Crippen molar-refractivity contribution >= 4 is 0 Å². The first kappa shape index (κ1) is 6.05. The Morgan fingerprint density at radius 2 is 1.75 bits per heavy atom. The summed E-state index contributed by atoms with van der Waals surface area (Å²) in [5.41, 5.74) is 0. The minimum atomic E-state index is 0.787. The molecule has 0 aromatic rings. The molecular formula is C6H15N2+. The molecule has 0 aliphatic carbocycles. The maximum absolute atomic E-state index is 2.35. The Labute approximate surface area is 51.3 Å². The fraction of sp³-hybridized carbons (Fsp3) is 1.00. The molecule has 1 aliphatic rings. The summed E-state index contributed by atoms with van der Waals surface area (Å²) in [6, 6.07) is 0. The molecule has 1 rings (SSSR count). The Bertz CT molecular complexity index is 93.2. The van der Waals surface area contributed by atoms with E-state index in [1.54, 1.807) is 0 Å². The van der Waals surface area contributed by atoms with Gasteiger partial charge in [-0.05, 0) is 7.05 Å². The van der Waals surface area contributed by atoms with Crippen molar-refractivity contribution in [3.05, 3.63) is 0 Å². The molecule has 0 amide bonds. The van der Waals surface area contributed by atoms with Crippen LogP contribution in [0.1, 0.15) is 0 Å². The number of likely N-dealkylation sites (N-methyl/N-ethyl adjacent to an activating group) is 2. The van der Waals surface area contributed by atoms with Gasteiger partial charge in [0.2, 0.25) is 0 Å². The third kappa shape index (κ3) is 1.01. The van der Waals surface area contributed by atoms with E-state index in [9.17, 15) is 0 Å². The van der Waals surface area contributed by atoms with Crippen LogP contribution < -0.4 is 0 Å². The summed E-state index contributed by atoms with van der Waals surface area (Å²) >= 11 is 0. The number of hydrogen-bond donors (Lipinski definition) is 0. The monoisotopic (exact) mass is 115 g/mol. The van der Waals surface area contributed by atoms with Crippen molar-refractivity contribution in [3.8, 4) is 0 Å². The van der Waals surface area contributed by atoms with Gasteiger partial charge in [-0.15, -0.1) is 0 Å². The van der Waals surface area contributed by atoms with E-state index < -0.39 is 0 Å². The van der Waals surface area contributed by atoms with Crippen molar-refractivity contribution in [1.82, 2.24) is 4.90 Å². The van der Waals surface area contributed by atoms with Gasteiger partial charge in [0.05, 0.1) is 27.7 Å². The number of nitrogens with zero attached hydrogens (tertiary/aromatic N) is 2. The van der Waals surface area contributed by atoms with Crippen LogP contribution in [0.15, 0.2) is 0 Å². The molecule has 2 heteroatoms. The molecule has 1 aliphatic heterocycles. The first-order chi connectivity index (χ1) is 3.52. The molecule has 0 aromatic carbocycles. The van der Waals surface area contributed by atoms with E-state index >= 15 is 0 Å². The van der Waals surface area contributed by atoms with Gasteiger partial charge in [0, 0.05) is 0 Å². The highest BCUT2D eigenvalue weighted by molar-refractivity contribution is 4.75. The lowest BCUT2D eigenvalue weighted by molar-refractivity contribution is -0.886. The second kappa shape index (κ2) is 1.45. The van der Waals surface area contributed by atoms with Gasteiger partial charge in [-0.2, -0.15) is 0 Å². The molecule has 8 heavy (non-hydrogen) atoms. The van der Waals surface area contributed by atoms with Gasteiger partial charge in [-0.25, -0.2) is 4.90 Å². The zero-order valence-electron chi connectivity index (χ0n) is 6.18. The molecule has 0 radical (unpaired) electrons. The van der Waals surface area contributed by atoms with Crippen LogP contribution in [0.25, 0.3) is 0 Å². The van der Waals surface area contributed by atoms with Crippen LogP contribution in [0.5, 0.6) is 0 Å². The SMILES string of the molecule is CN1CC1[N+](C)(C)C. The molecule has 2 unspecified atom stereocenters. The average molecular weight is 115 g/mol. The van der Waals surface area contributed by atoms with E-state index in [-0.39, 0.29) is 0 Å². The summed E-state index contributed by atoms with van der Waals surface area (Å²) in [5, 5.41) is 0. The summed E-state index contributed by atoms with van der Waals surface area (Å²) in [7, 11) is 8.85. The molecular weight excluding hydrogens is 100 g/mol. The Balaban J connectivity index is 2.39. The quantitative estimate of drug-likeness (QED) is 0.342. The van der Waals surface area contributed by atoms with Crippen molar-refractivity contribution < 1.29 is 4.48 Å². The van der Waals surface area contributed by atoms with Crippen LogP contribution in [0.4, 0.5) is 0 Å². The topological polar surface area (TPSA) is 3.01 Å². The first-order valence-corrected chi connectivity index (χ1v) is 3.03. The smallest absolute Gasteiger partial charge is 0.158 e. The standard InChI is InChI=1S/C6H15N2/c1-7-5-6(7)8(2,3)4/h6H,5H2,1-4H3/q+1. The van der Waals surface area contributed by atoms with Gasteiger partial charge in [-0.1, -0.05) is 0 Å². The molecule has 2 atom stereocenters. The molecule has 48 valence electrons. The van der Waals surface area contributed by atoms with Gasteiger partial charge in [0.1, 0.15) is 0 Å². The van der Waals surface area contributed by atoms with Crippen LogP contribution in [0.2, 0.25) is 0 Å². The number of quaternary nitrogens is 1. The number of hydrogen-bond acceptors (Lipinski definition) is 1. The lowest BCUT2D eigenvalue weighted by atomic mass is 10.6. The molecule has 2 nitrogen and oxygen atoms in total. The predicted molar refractivity (Wildman–Crippen MR) is 34.5 cm³/mol. The van der Waals surface area contributed by atoms with Crippen molar-refractivity contribution in [3.63, 3.8) is 0 Å². The molecule has 0 aromatic heterocycles. The third-order valence-electron chi connectivity index (χ3n) is 1.72. The van der Waals surface area contributed by atoms with Crippen molar-refractivity contribution in [2.45, 2.75) is 6.17 Å². The lowest BCUT2D eigenvalue weighted by Gasteiger charge is -2.22. The summed E-state index contributed by atoms with van der Waals surface area (Å²) in [4.78, 5) is 2.35. The van der Waals surface area contributed by atoms with Crippen LogP contribution in [0.3, 0.4) is 0 Å². The van der Waals surface area contributed by atoms with Crippen LogP contribution in [0, 0.1) is 0 Å². The van der Waals surface area contributed by atoms with Gasteiger partial charge in [0.25, 0.3) is 0 Å². The lowest BCUT2D eigenvalue weighted by Crippen LogP contribution is -2.39. The van der Waals surface area contributed by atoms with Crippen LogP contribution >= 0.6 is 0 Å². The molecule has 0 bridgehead atoms. The average Bonchev–Trinajstić information content (AvgIpc) is 2.13. The zero-order chi connectivity index (χ0) is 6.36. The molecule has 1 saturated heterocycles. The number of rotatable bonds is 1. The summed E-state index contributed by atoms with van der Waals surface area (Å²) in [5.74, 6) is 0. The highest BCUT2D eigenvalue weighted by Gasteiger charge is 2.41. The van der Waals surface area contributed by atoms with Gasteiger partial charge in [-0.3, -0.25) is 0 Å². The first-order valence-electron chi connectivity index (χ1n) is 3.03. The van der Waals surface area contributed by atoms with Gasteiger partial charge < -0.3 is 4.48 Å². The summed E-state index contributed by atoms with van der Waals surface area (Å²) < 4.78 is 1.08. The van der Waals surface area contributed by atoms with E-state index in [0.717, 1.165) is 10.6 Å². The van der Waals surface area contributed by atoms with Crippen molar-refractivity contribution in [1.29, 1.82) is 0 Å². The molecule has 1 heterocycles. The second-order valence-corrected chi connectivity index (χ2v) is 3.54. The molecule has 0 spiro atoms. The Morgan fingerprint density at radius 1 is 1.38 bits per heavy atom. The summed E-state index contributed by atoms with van der Waals surface area (Å²) in [6.07, 6.45) is 0.787. The van der Waals surface area contributed by atoms with Gasteiger partial charge >= 0.3 is 0 Å². The molecule has 1 fully saturated rings. The zero-order valence-corrected chi connectivity index (χ0v) is 6.18. The van der Waals surface area contributed by atoms with Crippen molar-refractivity contribution in [2.24, 2.45) is 0 Å². The Morgan fingerprint density at radius 3 is 1.75 bits per heavy atom. The third-order valence-corrected chi connectivity index (χ3v) is 1.72. The van der Waals surface area contributed by atoms with Crippen LogP contribution in [-0.4, -0.2) is 50.3 Å².